The number of hydrogen-bond donors (Lipinski definition) is 2. The van der Waals surface area contributed by atoms with Gasteiger partial charge in [-0.15, -0.1) is 0 Å². The summed E-state index contributed by atoms with van der Waals surface area (Å²) in [7, 11) is 0. The highest BCUT2D eigenvalue weighted by molar-refractivity contribution is 5.38. The number of aromatic nitrogens is 2. The average Bonchev–Trinajstić information content (AvgIpc) is 2.89. The lowest BCUT2D eigenvalue weighted by molar-refractivity contribution is 0.666. The Bertz CT molecular complexity index is 288. The van der Waals surface area contributed by atoms with Crippen LogP contribution in [0.5, 0.6) is 0 Å². The molecular formula is C9H16N4. The molecule has 0 aliphatic heterocycles. The van der Waals surface area contributed by atoms with Crippen molar-refractivity contribution in [1.82, 2.24) is 15.1 Å². The standard InChI is InChI=1S/C9H16N4/c1-2-13-9(10)7(6-12-13)5-11-8-3-4-8/h6,8,11H,2-5,10H2,1H3. The van der Waals surface area contributed by atoms with Crippen molar-refractivity contribution in [2.45, 2.75) is 38.9 Å². The monoisotopic (exact) mass is 180 g/mol. The molecule has 1 aromatic rings. The summed E-state index contributed by atoms with van der Waals surface area (Å²) < 4.78 is 1.82. The second-order valence-corrected chi connectivity index (χ2v) is 3.53. The summed E-state index contributed by atoms with van der Waals surface area (Å²) in [5, 5.41) is 7.60. The fraction of sp³-hybridized carbons (Fsp3) is 0.667. The van der Waals surface area contributed by atoms with E-state index in [-0.39, 0.29) is 0 Å². The largest absolute Gasteiger partial charge is 0.384 e. The Morgan fingerprint density at radius 1 is 1.69 bits per heavy atom. The molecular weight excluding hydrogens is 164 g/mol. The summed E-state index contributed by atoms with van der Waals surface area (Å²) in [6, 6.07) is 0.726. The number of aryl methyl sites for hydroxylation is 1. The minimum absolute atomic E-state index is 0.726. The second-order valence-electron chi connectivity index (χ2n) is 3.53. The summed E-state index contributed by atoms with van der Waals surface area (Å²) in [6.07, 6.45) is 4.47. The van der Waals surface area contributed by atoms with Crippen molar-refractivity contribution in [3.05, 3.63) is 11.8 Å². The summed E-state index contributed by atoms with van der Waals surface area (Å²) in [5.41, 5.74) is 7.00. The second kappa shape index (κ2) is 3.38. The maximum atomic E-state index is 5.88. The molecule has 2 rings (SSSR count). The van der Waals surface area contributed by atoms with Crippen LogP contribution in [0.1, 0.15) is 25.3 Å². The molecule has 1 saturated carbocycles. The number of anilines is 1. The first-order valence-electron chi connectivity index (χ1n) is 4.84. The Labute approximate surface area is 78.1 Å². The molecule has 13 heavy (non-hydrogen) atoms. The molecule has 0 amide bonds. The summed E-state index contributed by atoms with van der Waals surface area (Å²) >= 11 is 0. The lowest BCUT2D eigenvalue weighted by Crippen LogP contribution is -2.16. The zero-order chi connectivity index (χ0) is 9.26. The van der Waals surface area contributed by atoms with Gasteiger partial charge in [-0.25, -0.2) is 0 Å². The molecule has 0 atom stereocenters. The van der Waals surface area contributed by atoms with Gasteiger partial charge in [0.05, 0.1) is 6.20 Å². The van der Waals surface area contributed by atoms with Crippen molar-refractivity contribution in [3.63, 3.8) is 0 Å². The van der Waals surface area contributed by atoms with E-state index in [4.69, 9.17) is 5.73 Å². The van der Waals surface area contributed by atoms with E-state index in [1.807, 2.05) is 17.8 Å². The first kappa shape index (κ1) is 8.56. The van der Waals surface area contributed by atoms with Crippen LogP contribution in [0.25, 0.3) is 0 Å². The lowest BCUT2D eigenvalue weighted by Gasteiger charge is -2.02. The highest BCUT2D eigenvalue weighted by Gasteiger charge is 2.20. The Hall–Kier alpha value is -1.03. The van der Waals surface area contributed by atoms with Gasteiger partial charge >= 0.3 is 0 Å². The number of nitrogens with one attached hydrogen (secondary N) is 1. The van der Waals surface area contributed by atoms with Gasteiger partial charge in [0.25, 0.3) is 0 Å². The number of nitrogens with zero attached hydrogens (tertiary/aromatic N) is 2. The lowest BCUT2D eigenvalue weighted by atomic mass is 10.3. The maximum Gasteiger partial charge on any atom is 0.126 e. The molecule has 0 spiro atoms. The molecule has 4 heteroatoms. The molecule has 1 fully saturated rings. The van der Waals surface area contributed by atoms with E-state index in [9.17, 15) is 0 Å². The van der Waals surface area contributed by atoms with Gasteiger partial charge in [0, 0.05) is 24.7 Å². The topological polar surface area (TPSA) is 55.9 Å². The third-order valence-corrected chi connectivity index (χ3v) is 2.42. The van der Waals surface area contributed by atoms with E-state index in [0.717, 1.165) is 30.5 Å². The van der Waals surface area contributed by atoms with Gasteiger partial charge in [-0.1, -0.05) is 0 Å². The van der Waals surface area contributed by atoms with Gasteiger partial charge in [0.2, 0.25) is 0 Å². The zero-order valence-electron chi connectivity index (χ0n) is 7.95. The van der Waals surface area contributed by atoms with Crippen LogP contribution < -0.4 is 11.1 Å². The van der Waals surface area contributed by atoms with Gasteiger partial charge in [0.15, 0.2) is 0 Å². The van der Waals surface area contributed by atoms with E-state index in [1.54, 1.807) is 0 Å². The van der Waals surface area contributed by atoms with Crippen LogP contribution in [0.2, 0.25) is 0 Å². The minimum Gasteiger partial charge on any atom is -0.384 e. The normalized spacial score (nSPS) is 16.4. The number of nitrogen functional groups attached to an aromatic ring is 1. The molecule has 0 unspecified atom stereocenters. The Balaban J connectivity index is 1.97. The van der Waals surface area contributed by atoms with Gasteiger partial charge < -0.3 is 11.1 Å². The first-order chi connectivity index (χ1) is 6.31. The summed E-state index contributed by atoms with van der Waals surface area (Å²) in [4.78, 5) is 0. The van der Waals surface area contributed by atoms with E-state index >= 15 is 0 Å². The Morgan fingerprint density at radius 2 is 2.46 bits per heavy atom. The van der Waals surface area contributed by atoms with Gasteiger partial charge in [-0.3, -0.25) is 4.68 Å². The third-order valence-electron chi connectivity index (χ3n) is 2.42. The molecule has 0 radical (unpaired) electrons. The van der Waals surface area contributed by atoms with Crippen LogP contribution in [-0.4, -0.2) is 15.8 Å². The molecule has 4 nitrogen and oxygen atoms in total. The van der Waals surface area contributed by atoms with Crippen molar-refractivity contribution in [2.75, 3.05) is 5.73 Å². The fourth-order valence-corrected chi connectivity index (χ4v) is 1.36. The molecule has 1 aromatic heterocycles. The minimum atomic E-state index is 0.726. The molecule has 72 valence electrons. The zero-order valence-corrected chi connectivity index (χ0v) is 7.95. The van der Waals surface area contributed by atoms with Crippen molar-refractivity contribution in [2.24, 2.45) is 0 Å². The van der Waals surface area contributed by atoms with Crippen molar-refractivity contribution in [3.8, 4) is 0 Å². The van der Waals surface area contributed by atoms with E-state index in [0.29, 0.717) is 0 Å². The highest BCUT2D eigenvalue weighted by Crippen LogP contribution is 2.20. The average molecular weight is 180 g/mol. The van der Waals surface area contributed by atoms with Crippen LogP contribution in [0.4, 0.5) is 5.82 Å². The Morgan fingerprint density at radius 3 is 3.00 bits per heavy atom. The first-order valence-corrected chi connectivity index (χ1v) is 4.84. The van der Waals surface area contributed by atoms with Crippen LogP contribution in [0, 0.1) is 0 Å². The number of nitrogens with two attached hydrogens (primary N) is 1. The van der Waals surface area contributed by atoms with E-state index in [1.165, 1.54) is 12.8 Å². The van der Waals surface area contributed by atoms with E-state index < -0.39 is 0 Å². The Kier molecular flexibility index (Phi) is 2.22. The van der Waals surface area contributed by atoms with Crippen LogP contribution in [0.3, 0.4) is 0 Å². The van der Waals surface area contributed by atoms with Crippen LogP contribution >= 0.6 is 0 Å². The maximum absolute atomic E-state index is 5.88. The van der Waals surface area contributed by atoms with Crippen molar-refractivity contribution >= 4 is 5.82 Å². The predicted octanol–water partition coefficient (Wildman–Crippen LogP) is 0.737. The molecule has 1 aliphatic carbocycles. The molecule has 1 heterocycles. The molecule has 0 bridgehead atoms. The number of rotatable bonds is 4. The van der Waals surface area contributed by atoms with Gasteiger partial charge in [0.1, 0.15) is 5.82 Å². The molecule has 0 saturated heterocycles. The molecule has 1 aliphatic rings. The molecule has 3 N–H and O–H groups in total. The third kappa shape index (κ3) is 1.83. The predicted molar refractivity (Wildman–Crippen MR) is 52.2 cm³/mol. The van der Waals surface area contributed by atoms with Crippen LogP contribution in [0.15, 0.2) is 6.20 Å². The van der Waals surface area contributed by atoms with Crippen molar-refractivity contribution < 1.29 is 0 Å². The quantitative estimate of drug-likeness (QED) is 0.718. The van der Waals surface area contributed by atoms with E-state index in [2.05, 4.69) is 10.4 Å². The molecule has 0 aromatic carbocycles. The summed E-state index contributed by atoms with van der Waals surface area (Å²) in [5.74, 6) is 0.802. The summed E-state index contributed by atoms with van der Waals surface area (Å²) in [6.45, 7) is 3.74. The highest BCUT2D eigenvalue weighted by atomic mass is 15.3. The fourth-order valence-electron chi connectivity index (χ4n) is 1.36. The van der Waals surface area contributed by atoms with Gasteiger partial charge in [-0.2, -0.15) is 5.10 Å². The van der Waals surface area contributed by atoms with Gasteiger partial charge in [-0.05, 0) is 19.8 Å². The van der Waals surface area contributed by atoms with Crippen LogP contribution in [-0.2, 0) is 13.1 Å². The van der Waals surface area contributed by atoms with Crippen molar-refractivity contribution in [1.29, 1.82) is 0 Å². The smallest absolute Gasteiger partial charge is 0.126 e. The number of hydrogen-bond acceptors (Lipinski definition) is 3. The SMILES string of the molecule is CCn1ncc(CNC2CC2)c1N.